The highest BCUT2D eigenvalue weighted by Crippen LogP contribution is 2.29. The molecule has 0 spiro atoms. The molecule has 1 unspecified atom stereocenters. The lowest BCUT2D eigenvalue weighted by Gasteiger charge is -2.50. The van der Waals surface area contributed by atoms with Gasteiger partial charge in [-0.05, 0) is 39.1 Å². The van der Waals surface area contributed by atoms with Gasteiger partial charge >= 0.3 is 0 Å². The van der Waals surface area contributed by atoms with Crippen molar-refractivity contribution in [1.29, 1.82) is 0 Å². The largest absolute Gasteiger partial charge is 0.364 e. The lowest BCUT2D eigenvalue weighted by atomic mass is 9.95. The summed E-state index contributed by atoms with van der Waals surface area (Å²) in [5.41, 5.74) is 7.37. The lowest BCUT2D eigenvalue weighted by molar-refractivity contribution is 0.116. The van der Waals surface area contributed by atoms with Gasteiger partial charge in [0.2, 0.25) is 0 Å². The molecule has 1 aromatic carbocycles. The van der Waals surface area contributed by atoms with Crippen LogP contribution >= 0.6 is 15.9 Å². The van der Waals surface area contributed by atoms with E-state index in [1.807, 2.05) is 0 Å². The minimum Gasteiger partial charge on any atom is -0.364 e. The molecule has 1 aliphatic rings. The van der Waals surface area contributed by atoms with Crippen molar-refractivity contribution < 1.29 is 0 Å². The Hall–Kier alpha value is -0.580. The van der Waals surface area contributed by atoms with Crippen LogP contribution in [0.2, 0.25) is 0 Å². The topological polar surface area (TPSA) is 32.5 Å². The van der Waals surface area contributed by atoms with E-state index in [2.05, 4.69) is 70.9 Å². The summed E-state index contributed by atoms with van der Waals surface area (Å²) in [5.74, 6) is 0. The average molecular weight is 312 g/mol. The Bertz CT molecular complexity index is 419. The molecule has 1 atom stereocenters. The number of piperazine rings is 1. The van der Waals surface area contributed by atoms with Gasteiger partial charge in [-0.2, -0.15) is 0 Å². The second-order valence-electron chi connectivity index (χ2n) is 5.69. The van der Waals surface area contributed by atoms with Gasteiger partial charge < -0.3 is 10.6 Å². The molecule has 0 radical (unpaired) electrons. The number of hydrogen-bond donors (Lipinski definition) is 1. The third kappa shape index (κ3) is 2.71. The van der Waals surface area contributed by atoms with E-state index >= 15 is 0 Å². The van der Waals surface area contributed by atoms with Crippen molar-refractivity contribution >= 4 is 21.6 Å². The number of halogens is 1. The number of nitrogens with zero attached hydrogens (tertiary/aromatic N) is 2. The predicted molar refractivity (Wildman–Crippen MR) is 81.0 cm³/mol. The Morgan fingerprint density at radius 1 is 1.44 bits per heavy atom. The third-order valence-electron chi connectivity index (χ3n) is 3.93. The molecule has 1 heterocycles. The smallest absolute Gasteiger partial charge is 0.0540 e. The van der Waals surface area contributed by atoms with E-state index in [0.717, 1.165) is 17.6 Å². The summed E-state index contributed by atoms with van der Waals surface area (Å²) in [4.78, 5) is 4.84. The zero-order chi connectivity index (χ0) is 13.3. The zero-order valence-electron chi connectivity index (χ0n) is 11.4. The maximum atomic E-state index is 5.94. The van der Waals surface area contributed by atoms with Crippen LogP contribution in [0.3, 0.4) is 0 Å². The summed E-state index contributed by atoms with van der Waals surface area (Å²) < 4.78 is 1.12. The monoisotopic (exact) mass is 311 g/mol. The van der Waals surface area contributed by atoms with E-state index in [1.54, 1.807) is 0 Å². The molecule has 1 fully saturated rings. The number of rotatable bonds is 2. The van der Waals surface area contributed by atoms with Gasteiger partial charge in [0.15, 0.2) is 0 Å². The molecule has 100 valence electrons. The Kier molecular flexibility index (Phi) is 3.99. The highest BCUT2D eigenvalue weighted by molar-refractivity contribution is 9.10. The van der Waals surface area contributed by atoms with Crippen LogP contribution in [0.1, 0.15) is 13.8 Å². The normalized spacial score (nSPS) is 24.3. The fraction of sp³-hybridized carbons (Fsp3) is 0.571. The maximum Gasteiger partial charge on any atom is 0.0540 e. The van der Waals surface area contributed by atoms with Crippen molar-refractivity contribution in [2.75, 3.05) is 31.6 Å². The van der Waals surface area contributed by atoms with Crippen molar-refractivity contribution in [1.82, 2.24) is 4.90 Å². The van der Waals surface area contributed by atoms with Crippen LogP contribution in [0, 0.1) is 0 Å². The Balaban J connectivity index is 2.29. The fourth-order valence-electron chi connectivity index (χ4n) is 2.49. The quantitative estimate of drug-likeness (QED) is 0.909. The van der Waals surface area contributed by atoms with Crippen LogP contribution in [-0.4, -0.2) is 43.2 Å². The van der Waals surface area contributed by atoms with Crippen LogP contribution in [0.25, 0.3) is 0 Å². The van der Waals surface area contributed by atoms with Gasteiger partial charge in [-0.3, -0.25) is 4.90 Å². The summed E-state index contributed by atoms with van der Waals surface area (Å²) in [7, 11) is 2.18. The first-order valence-corrected chi connectivity index (χ1v) is 7.17. The van der Waals surface area contributed by atoms with E-state index in [0.29, 0.717) is 12.6 Å². The summed E-state index contributed by atoms with van der Waals surface area (Å²) in [5, 5.41) is 0. The minimum atomic E-state index is 0.175. The Morgan fingerprint density at radius 3 is 2.78 bits per heavy atom. The number of anilines is 1. The zero-order valence-corrected chi connectivity index (χ0v) is 12.9. The Labute approximate surface area is 118 Å². The van der Waals surface area contributed by atoms with Crippen molar-refractivity contribution in [3.8, 4) is 0 Å². The Morgan fingerprint density at radius 2 is 2.17 bits per heavy atom. The summed E-state index contributed by atoms with van der Waals surface area (Å²) in [6.07, 6.45) is 0. The second-order valence-corrected chi connectivity index (χ2v) is 6.61. The summed E-state index contributed by atoms with van der Waals surface area (Å²) in [6.45, 7) is 7.26. The molecule has 2 rings (SSSR count). The first-order valence-electron chi connectivity index (χ1n) is 6.37. The molecule has 4 heteroatoms. The van der Waals surface area contributed by atoms with E-state index in [1.165, 1.54) is 5.69 Å². The minimum absolute atomic E-state index is 0.175. The predicted octanol–water partition coefficient (Wildman–Crippen LogP) is 2.31. The average Bonchev–Trinajstić information content (AvgIpc) is 2.32. The fourth-order valence-corrected chi connectivity index (χ4v) is 2.87. The van der Waals surface area contributed by atoms with Gasteiger partial charge in [-0.25, -0.2) is 0 Å². The van der Waals surface area contributed by atoms with Gasteiger partial charge in [-0.1, -0.05) is 22.0 Å². The van der Waals surface area contributed by atoms with Crippen molar-refractivity contribution in [2.45, 2.75) is 25.4 Å². The molecule has 1 saturated heterocycles. The molecule has 0 bridgehead atoms. The molecule has 2 N–H and O–H groups in total. The van der Waals surface area contributed by atoms with Crippen molar-refractivity contribution in [3.63, 3.8) is 0 Å². The maximum absolute atomic E-state index is 5.94. The van der Waals surface area contributed by atoms with Crippen LogP contribution in [0.4, 0.5) is 5.69 Å². The van der Waals surface area contributed by atoms with E-state index in [9.17, 15) is 0 Å². The van der Waals surface area contributed by atoms with Crippen LogP contribution in [0.15, 0.2) is 28.7 Å². The van der Waals surface area contributed by atoms with Gasteiger partial charge in [0.05, 0.1) is 6.04 Å². The molecular formula is C14H22BrN3. The molecule has 0 aliphatic carbocycles. The first kappa shape index (κ1) is 13.8. The van der Waals surface area contributed by atoms with Crippen LogP contribution in [0.5, 0.6) is 0 Å². The van der Waals surface area contributed by atoms with Gasteiger partial charge in [0.25, 0.3) is 0 Å². The molecular weight excluding hydrogens is 290 g/mol. The van der Waals surface area contributed by atoms with E-state index in [-0.39, 0.29) is 5.54 Å². The third-order valence-corrected chi connectivity index (χ3v) is 4.42. The summed E-state index contributed by atoms with van der Waals surface area (Å²) >= 11 is 3.54. The SMILES string of the molecule is CN1CC(CN)N(c2cccc(Br)c2)CC1(C)C. The summed E-state index contributed by atoms with van der Waals surface area (Å²) in [6, 6.07) is 8.86. The molecule has 1 aromatic rings. The number of hydrogen-bond acceptors (Lipinski definition) is 3. The number of likely N-dealkylation sites (N-methyl/N-ethyl adjacent to an activating group) is 1. The van der Waals surface area contributed by atoms with Gasteiger partial charge in [0, 0.05) is 35.3 Å². The molecule has 0 saturated carbocycles. The molecule has 0 amide bonds. The standard InChI is InChI=1S/C14H22BrN3/c1-14(2)10-18(13(8-16)9-17(14)3)12-6-4-5-11(15)7-12/h4-7,13H,8-10,16H2,1-3H3. The lowest BCUT2D eigenvalue weighted by Crippen LogP contribution is -2.64. The van der Waals surface area contributed by atoms with Crippen molar-refractivity contribution in [3.05, 3.63) is 28.7 Å². The van der Waals surface area contributed by atoms with E-state index < -0.39 is 0 Å². The van der Waals surface area contributed by atoms with Crippen LogP contribution < -0.4 is 10.6 Å². The number of benzene rings is 1. The van der Waals surface area contributed by atoms with Crippen molar-refractivity contribution in [2.24, 2.45) is 5.73 Å². The first-order chi connectivity index (χ1) is 8.44. The highest BCUT2D eigenvalue weighted by atomic mass is 79.9. The number of nitrogens with two attached hydrogens (primary N) is 1. The van der Waals surface area contributed by atoms with Gasteiger partial charge in [-0.15, -0.1) is 0 Å². The highest BCUT2D eigenvalue weighted by Gasteiger charge is 2.36. The van der Waals surface area contributed by atoms with E-state index in [4.69, 9.17) is 5.73 Å². The molecule has 1 aliphatic heterocycles. The molecule has 3 nitrogen and oxygen atoms in total. The van der Waals surface area contributed by atoms with Gasteiger partial charge in [0.1, 0.15) is 0 Å². The molecule has 18 heavy (non-hydrogen) atoms. The second kappa shape index (κ2) is 5.19. The van der Waals surface area contributed by atoms with Crippen LogP contribution in [-0.2, 0) is 0 Å². The molecule has 0 aromatic heterocycles.